The van der Waals surface area contributed by atoms with Crippen molar-refractivity contribution in [1.29, 1.82) is 0 Å². The van der Waals surface area contributed by atoms with Gasteiger partial charge in [-0.2, -0.15) is 0 Å². The van der Waals surface area contributed by atoms with Crippen LogP contribution in [0.5, 0.6) is 0 Å². The quantitative estimate of drug-likeness (QED) is 0.0367. The van der Waals surface area contributed by atoms with Crippen molar-refractivity contribution in [2.75, 3.05) is 6.54 Å². The molecule has 1 amide bonds. The van der Waals surface area contributed by atoms with Crippen molar-refractivity contribution in [3.63, 3.8) is 0 Å². The number of hydrogen-bond donors (Lipinski definition) is 2. The number of unbranched alkanes of at least 4 members (excludes halogenated alkanes) is 15. The number of allylic oxidation sites excluding steroid dienone is 14. The highest BCUT2D eigenvalue weighted by molar-refractivity contribution is 5.80. The summed E-state index contributed by atoms with van der Waals surface area (Å²) < 4.78 is 6.00. The SMILES string of the molecule is CC/C=C\C/C=C\C/C=C\C/C=C\C/C=C\C/C=C\C/C=C\CCCC(=O)OC(CCCCCCCCCCCCC)CCCCCCCC(=O)NCC(=O)O. The van der Waals surface area contributed by atoms with Gasteiger partial charge >= 0.3 is 11.9 Å². The first-order chi connectivity index (χ1) is 27.5. The fourth-order valence-electron chi connectivity index (χ4n) is 6.27. The third kappa shape index (κ3) is 43.3. The smallest absolute Gasteiger partial charge is 0.322 e. The summed E-state index contributed by atoms with van der Waals surface area (Å²) in [7, 11) is 0. The van der Waals surface area contributed by atoms with Gasteiger partial charge in [-0.1, -0.05) is 182 Å². The van der Waals surface area contributed by atoms with Crippen LogP contribution in [0.1, 0.15) is 200 Å². The van der Waals surface area contributed by atoms with Crippen molar-refractivity contribution in [3.05, 3.63) is 85.1 Å². The lowest BCUT2D eigenvalue weighted by Gasteiger charge is -2.18. The second kappa shape index (κ2) is 44.3. The van der Waals surface area contributed by atoms with Crippen LogP contribution in [0.25, 0.3) is 0 Å². The number of nitrogens with one attached hydrogen (secondary N) is 1. The van der Waals surface area contributed by atoms with Gasteiger partial charge in [0.15, 0.2) is 0 Å². The van der Waals surface area contributed by atoms with Crippen LogP contribution in [0, 0.1) is 0 Å². The molecule has 0 fully saturated rings. The number of rotatable bonds is 40. The van der Waals surface area contributed by atoms with E-state index >= 15 is 0 Å². The van der Waals surface area contributed by atoms with Crippen LogP contribution < -0.4 is 5.32 Å². The number of ether oxygens (including phenoxy) is 1. The summed E-state index contributed by atoms with van der Waals surface area (Å²) >= 11 is 0. The Morgan fingerprint density at radius 3 is 1.30 bits per heavy atom. The van der Waals surface area contributed by atoms with E-state index in [4.69, 9.17) is 9.84 Å². The lowest BCUT2D eigenvalue weighted by Crippen LogP contribution is -2.28. The van der Waals surface area contributed by atoms with Gasteiger partial charge in [0, 0.05) is 12.8 Å². The molecule has 6 heteroatoms. The van der Waals surface area contributed by atoms with Gasteiger partial charge in [0.1, 0.15) is 12.6 Å². The van der Waals surface area contributed by atoms with E-state index in [1.165, 1.54) is 64.2 Å². The fourth-order valence-corrected chi connectivity index (χ4v) is 6.27. The Balaban J connectivity index is 4.24. The zero-order valence-corrected chi connectivity index (χ0v) is 36.0. The maximum Gasteiger partial charge on any atom is 0.322 e. The van der Waals surface area contributed by atoms with Crippen molar-refractivity contribution < 1.29 is 24.2 Å². The second-order valence-electron chi connectivity index (χ2n) is 14.9. The first-order valence-corrected chi connectivity index (χ1v) is 22.7. The summed E-state index contributed by atoms with van der Waals surface area (Å²) in [4.78, 5) is 35.0. The Kier molecular flexibility index (Phi) is 41.6. The minimum Gasteiger partial charge on any atom is -0.480 e. The summed E-state index contributed by atoms with van der Waals surface area (Å²) in [5.74, 6) is -1.30. The predicted octanol–water partition coefficient (Wildman–Crippen LogP) is 14.3. The van der Waals surface area contributed by atoms with Crippen molar-refractivity contribution in [2.45, 2.75) is 206 Å². The van der Waals surface area contributed by atoms with E-state index < -0.39 is 5.97 Å². The largest absolute Gasteiger partial charge is 0.480 e. The van der Waals surface area contributed by atoms with Crippen LogP contribution in [-0.4, -0.2) is 35.6 Å². The van der Waals surface area contributed by atoms with Gasteiger partial charge in [0.25, 0.3) is 0 Å². The lowest BCUT2D eigenvalue weighted by molar-refractivity contribution is -0.150. The number of carboxylic acid groups (broad SMARTS) is 1. The Hall–Kier alpha value is -3.41. The van der Waals surface area contributed by atoms with Crippen LogP contribution >= 0.6 is 0 Å². The molecule has 0 spiro atoms. The first-order valence-electron chi connectivity index (χ1n) is 22.7. The predicted molar refractivity (Wildman–Crippen MR) is 240 cm³/mol. The van der Waals surface area contributed by atoms with Gasteiger partial charge in [-0.25, -0.2) is 0 Å². The number of hydrogen-bond acceptors (Lipinski definition) is 4. The lowest BCUT2D eigenvalue weighted by atomic mass is 10.0. The molecule has 0 aromatic heterocycles. The Bertz CT molecular complexity index is 1130. The molecule has 0 heterocycles. The van der Waals surface area contributed by atoms with E-state index in [1.54, 1.807) is 0 Å². The van der Waals surface area contributed by atoms with Crippen molar-refractivity contribution in [3.8, 4) is 0 Å². The van der Waals surface area contributed by atoms with E-state index in [-0.39, 0.29) is 24.5 Å². The Morgan fingerprint density at radius 2 is 0.875 bits per heavy atom. The molecule has 0 bridgehead atoms. The van der Waals surface area contributed by atoms with Crippen LogP contribution in [0.4, 0.5) is 0 Å². The third-order valence-corrected chi connectivity index (χ3v) is 9.58. The zero-order valence-electron chi connectivity index (χ0n) is 36.0. The maximum atomic E-state index is 12.8. The molecule has 318 valence electrons. The van der Waals surface area contributed by atoms with Gasteiger partial charge < -0.3 is 15.2 Å². The number of carbonyl (C=O) groups excluding carboxylic acids is 2. The van der Waals surface area contributed by atoms with E-state index in [0.29, 0.717) is 12.8 Å². The molecule has 2 N–H and O–H groups in total. The van der Waals surface area contributed by atoms with E-state index in [9.17, 15) is 14.4 Å². The van der Waals surface area contributed by atoms with Gasteiger partial charge in [0.2, 0.25) is 5.91 Å². The molecule has 1 unspecified atom stereocenters. The van der Waals surface area contributed by atoms with Gasteiger partial charge in [-0.3, -0.25) is 14.4 Å². The van der Waals surface area contributed by atoms with Crippen molar-refractivity contribution in [2.24, 2.45) is 0 Å². The van der Waals surface area contributed by atoms with Crippen molar-refractivity contribution in [1.82, 2.24) is 5.32 Å². The molecule has 56 heavy (non-hydrogen) atoms. The highest BCUT2D eigenvalue weighted by atomic mass is 16.5. The van der Waals surface area contributed by atoms with E-state index in [1.807, 2.05) is 0 Å². The van der Waals surface area contributed by atoms with Gasteiger partial charge in [0.05, 0.1) is 0 Å². The molecule has 0 radical (unpaired) electrons. The summed E-state index contributed by atoms with van der Waals surface area (Å²) in [6, 6.07) is 0. The molecular weight excluding hydrogens is 695 g/mol. The number of amides is 1. The molecule has 0 aliphatic carbocycles. The number of aliphatic carboxylic acids is 1. The highest BCUT2D eigenvalue weighted by Crippen LogP contribution is 2.18. The number of esters is 1. The topological polar surface area (TPSA) is 92.7 Å². The highest BCUT2D eigenvalue weighted by Gasteiger charge is 2.14. The Morgan fingerprint density at radius 1 is 0.482 bits per heavy atom. The summed E-state index contributed by atoms with van der Waals surface area (Å²) in [6.07, 6.45) is 61.4. The average Bonchev–Trinajstić information content (AvgIpc) is 3.18. The van der Waals surface area contributed by atoms with E-state index in [0.717, 1.165) is 109 Å². The first kappa shape index (κ1) is 52.6. The maximum absolute atomic E-state index is 12.8. The molecule has 0 aromatic rings. The monoisotopic (exact) mass is 778 g/mol. The number of carboxylic acids is 1. The molecule has 6 nitrogen and oxygen atoms in total. The third-order valence-electron chi connectivity index (χ3n) is 9.58. The minimum atomic E-state index is -1.02. The molecule has 0 saturated heterocycles. The standard InChI is InChI=1S/C50H83NO5/c1-3-5-7-9-11-13-15-16-17-18-19-20-21-22-23-24-25-26-28-30-32-37-41-45-50(55)56-47(42-38-34-31-29-27-14-12-10-8-6-4-2)43-39-35-33-36-40-44-48(52)51-46-49(53)54/h5,7,11,13,16-17,19-20,22-23,25-26,30,32,47H,3-4,6,8-10,12,14-15,18,21,24,27-29,31,33-46H2,1-2H3,(H,51,52)(H,53,54)/b7-5-,13-11-,17-16-,20-19-,23-22-,26-25-,32-30-. The zero-order chi connectivity index (χ0) is 40.8. The minimum absolute atomic E-state index is 0.00786. The molecule has 0 saturated carbocycles. The van der Waals surface area contributed by atoms with Crippen LogP contribution in [0.3, 0.4) is 0 Å². The summed E-state index contributed by atoms with van der Waals surface area (Å²) in [5, 5.41) is 11.1. The van der Waals surface area contributed by atoms with E-state index in [2.05, 4.69) is 104 Å². The van der Waals surface area contributed by atoms with Crippen LogP contribution in [0.2, 0.25) is 0 Å². The second-order valence-corrected chi connectivity index (χ2v) is 14.9. The van der Waals surface area contributed by atoms with Gasteiger partial charge in [-0.15, -0.1) is 0 Å². The average molecular weight is 778 g/mol. The van der Waals surface area contributed by atoms with Crippen molar-refractivity contribution >= 4 is 17.8 Å². The molecule has 0 aromatic carbocycles. The normalized spacial score (nSPS) is 12.9. The summed E-state index contributed by atoms with van der Waals surface area (Å²) in [6.45, 7) is 4.10. The van der Waals surface area contributed by atoms with Crippen LogP contribution in [0.15, 0.2) is 85.1 Å². The fraction of sp³-hybridized carbons (Fsp3) is 0.660. The molecular formula is C50H83NO5. The molecule has 0 aliphatic heterocycles. The molecule has 0 rings (SSSR count). The Labute approximate surface area is 344 Å². The molecule has 1 atom stereocenters. The number of carbonyl (C=O) groups is 3. The molecule has 0 aliphatic rings. The van der Waals surface area contributed by atoms with Crippen LogP contribution in [-0.2, 0) is 19.1 Å². The summed E-state index contributed by atoms with van der Waals surface area (Å²) in [5.41, 5.74) is 0. The van der Waals surface area contributed by atoms with Gasteiger partial charge in [-0.05, 0) is 89.9 Å².